The summed E-state index contributed by atoms with van der Waals surface area (Å²) in [5.74, 6) is -1.18. The van der Waals surface area contributed by atoms with Crippen LogP contribution in [0.5, 0.6) is 0 Å². The molecule has 0 bridgehead atoms. The van der Waals surface area contributed by atoms with Crippen LogP contribution in [-0.2, 0) is 10.0 Å². The van der Waals surface area contributed by atoms with Gasteiger partial charge in [-0.05, 0) is 38.5 Å². The molecule has 7 nitrogen and oxygen atoms in total. The van der Waals surface area contributed by atoms with Crippen molar-refractivity contribution in [3.63, 3.8) is 0 Å². The first-order chi connectivity index (χ1) is 9.69. The Morgan fingerprint density at radius 3 is 2.24 bits per heavy atom. The smallest absolute Gasteiger partial charge is 0.346 e. The highest BCUT2D eigenvalue weighted by molar-refractivity contribution is 7.94. The van der Waals surface area contributed by atoms with Crippen LogP contribution < -0.4 is 4.72 Å². The summed E-state index contributed by atoms with van der Waals surface area (Å²) in [6, 6.07) is 3.04. The van der Waals surface area contributed by atoms with Crippen molar-refractivity contribution in [3.8, 4) is 0 Å². The lowest BCUT2D eigenvalue weighted by molar-refractivity contribution is 0.0701. The molecule has 2 heterocycles. The van der Waals surface area contributed by atoms with Crippen LogP contribution >= 0.6 is 11.3 Å². The van der Waals surface area contributed by atoms with Crippen molar-refractivity contribution < 1.29 is 18.3 Å². The summed E-state index contributed by atoms with van der Waals surface area (Å²) in [4.78, 5) is 19.0. The van der Waals surface area contributed by atoms with Gasteiger partial charge in [-0.3, -0.25) is 0 Å². The van der Waals surface area contributed by atoms with Crippen molar-refractivity contribution in [3.05, 3.63) is 34.0 Å². The molecule has 0 amide bonds. The van der Waals surface area contributed by atoms with E-state index < -0.39 is 16.0 Å². The quantitative estimate of drug-likeness (QED) is 0.888. The van der Waals surface area contributed by atoms with Crippen molar-refractivity contribution in [2.75, 3.05) is 4.72 Å². The van der Waals surface area contributed by atoms with E-state index in [1.165, 1.54) is 6.07 Å². The summed E-state index contributed by atoms with van der Waals surface area (Å²) in [7, 11) is -3.90. The number of hydrogen-bond acceptors (Lipinski definition) is 6. The maximum Gasteiger partial charge on any atom is 0.346 e. The number of nitrogens with zero attached hydrogens (tertiary/aromatic N) is 2. The zero-order valence-corrected chi connectivity index (χ0v) is 13.2. The molecule has 0 saturated carbocycles. The second-order valence-corrected chi connectivity index (χ2v) is 7.42. The minimum atomic E-state index is -3.90. The Kier molecular flexibility index (Phi) is 3.97. The number of anilines is 1. The minimum absolute atomic E-state index is 0.00304. The van der Waals surface area contributed by atoms with Gasteiger partial charge in [0.25, 0.3) is 10.0 Å². The summed E-state index contributed by atoms with van der Waals surface area (Å²) >= 11 is 0.697. The highest BCUT2D eigenvalue weighted by atomic mass is 32.2. The molecule has 0 atom stereocenters. The Balaban J connectivity index is 2.38. The summed E-state index contributed by atoms with van der Waals surface area (Å²) in [6.07, 6.45) is 0. The average Bonchev–Trinajstić information content (AvgIpc) is 2.70. The predicted octanol–water partition coefficient (Wildman–Crippen LogP) is 1.96. The van der Waals surface area contributed by atoms with Gasteiger partial charge >= 0.3 is 5.97 Å². The van der Waals surface area contributed by atoms with Gasteiger partial charge in [0.2, 0.25) is 5.95 Å². The second kappa shape index (κ2) is 5.41. The van der Waals surface area contributed by atoms with Gasteiger partial charge in [0, 0.05) is 11.4 Å². The van der Waals surface area contributed by atoms with Gasteiger partial charge in [0.1, 0.15) is 9.09 Å². The number of thiophene rings is 1. The molecule has 2 aromatic rings. The number of hydrogen-bond donors (Lipinski definition) is 2. The molecule has 2 aromatic heterocycles. The van der Waals surface area contributed by atoms with E-state index in [9.17, 15) is 13.2 Å². The number of aryl methyl sites for hydroxylation is 3. The van der Waals surface area contributed by atoms with Crippen molar-refractivity contribution in [2.45, 2.75) is 25.0 Å². The molecular formula is C12H13N3O4S2. The lowest BCUT2D eigenvalue weighted by Gasteiger charge is -2.06. The first-order valence-electron chi connectivity index (χ1n) is 5.88. The van der Waals surface area contributed by atoms with Crippen LogP contribution in [0.25, 0.3) is 0 Å². The molecule has 21 heavy (non-hydrogen) atoms. The van der Waals surface area contributed by atoms with E-state index in [0.29, 0.717) is 28.3 Å². The number of aromatic nitrogens is 2. The number of carbonyl (C=O) groups is 1. The number of aromatic carboxylic acids is 1. The Morgan fingerprint density at radius 2 is 1.76 bits per heavy atom. The summed E-state index contributed by atoms with van der Waals surface area (Å²) in [5.41, 5.74) is 1.66. The van der Waals surface area contributed by atoms with Gasteiger partial charge in [0.15, 0.2) is 0 Å². The van der Waals surface area contributed by atoms with E-state index in [-0.39, 0.29) is 15.0 Å². The van der Waals surface area contributed by atoms with Gasteiger partial charge in [0.05, 0.1) is 0 Å². The van der Waals surface area contributed by atoms with Crippen LogP contribution in [0.2, 0.25) is 0 Å². The van der Waals surface area contributed by atoms with Crippen LogP contribution in [0.4, 0.5) is 5.95 Å². The van der Waals surface area contributed by atoms with Crippen LogP contribution in [-0.4, -0.2) is 29.5 Å². The Bertz CT molecular complexity index is 792. The molecule has 0 spiro atoms. The number of rotatable bonds is 4. The lowest BCUT2D eigenvalue weighted by Crippen LogP contribution is -2.14. The third-order valence-electron chi connectivity index (χ3n) is 2.56. The topological polar surface area (TPSA) is 109 Å². The van der Waals surface area contributed by atoms with Gasteiger partial charge in [-0.1, -0.05) is 0 Å². The highest BCUT2D eigenvalue weighted by Crippen LogP contribution is 2.27. The van der Waals surface area contributed by atoms with Crippen LogP contribution in [0.15, 0.2) is 16.3 Å². The minimum Gasteiger partial charge on any atom is -0.477 e. The Labute approximate surface area is 125 Å². The molecule has 2 N–H and O–H groups in total. The van der Waals surface area contributed by atoms with Gasteiger partial charge in [-0.2, -0.15) is 0 Å². The number of carboxylic acids is 1. The molecule has 0 aliphatic heterocycles. The number of sulfonamides is 1. The molecule has 112 valence electrons. The van der Waals surface area contributed by atoms with Crippen LogP contribution in [0, 0.1) is 20.8 Å². The van der Waals surface area contributed by atoms with E-state index in [4.69, 9.17) is 5.11 Å². The zero-order chi connectivity index (χ0) is 15.8. The fraction of sp³-hybridized carbons (Fsp3) is 0.250. The average molecular weight is 327 g/mol. The van der Waals surface area contributed by atoms with Crippen molar-refractivity contribution in [1.29, 1.82) is 0 Å². The predicted molar refractivity (Wildman–Crippen MR) is 78.3 cm³/mol. The van der Waals surface area contributed by atoms with Crippen molar-refractivity contribution in [2.24, 2.45) is 0 Å². The van der Waals surface area contributed by atoms with E-state index in [2.05, 4.69) is 14.7 Å². The maximum absolute atomic E-state index is 12.2. The molecule has 0 unspecified atom stereocenters. The maximum atomic E-state index is 12.2. The van der Waals surface area contributed by atoms with Crippen molar-refractivity contribution >= 4 is 33.3 Å². The fourth-order valence-electron chi connectivity index (χ4n) is 1.74. The van der Waals surface area contributed by atoms with E-state index in [1.54, 1.807) is 26.8 Å². The SMILES string of the molecule is Cc1cc(C)nc(NS(=O)(=O)c2cc(C)c(C(=O)O)s2)n1. The first kappa shape index (κ1) is 15.4. The van der Waals surface area contributed by atoms with Gasteiger partial charge < -0.3 is 5.11 Å². The largest absolute Gasteiger partial charge is 0.477 e. The molecule has 0 aromatic carbocycles. The molecule has 0 radical (unpaired) electrons. The summed E-state index contributed by atoms with van der Waals surface area (Å²) in [6.45, 7) is 5.00. The normalized spacial score (nSPS) is 11.4. The third kappa shape index (κ3) is 3.37. The zero-order valence-electron chi connectivity index (χ0n) is 11.5. The summed E-state index contributed by atoms with van der Waals surface area (Å²) in [5, 5.41) is 8.98. The van der Waals surface area contributed by atoms with Gasteiger partial charge in [-0.15, -0.1) is 11.3 Å². The standard InChI is InChI=1S/C12H13N3O4S2/c1-6-4-9(20-10(6)11(16)17)21(18,19)15-12-13-7(2)5-8(3)14-12/h4-5H,1-3H3,(H,16,17)(H,13,14,15). The lowest BCUT2D eigenvalue weighted by atomic mass is 10.3. The molecule has 0 fully saturated rings. The van der Waals surface area contributed by atoms with Crippen LogP contribution in [0.3, 0.4) is 0 Å². The van der Waals surface area contributed by atoms with Crippen LogP contribution in [0.1, 0.15) is 26.6 Å². The van der Waals surface area contributed by atoms with Crippen molar-refractivity contribution in [1.82, 2.24) is 9.97 Å². The van der Waals surface area contributed by atoms with E-state index in [1.807, 2.05) is 0 Å². The summed E-state index contributed by atoms with van der Waals surface area (Å²) < 4.78 is 26.7. The molecule has 9 heteroatoms. The van der Waals surface area contributed by atoms with E-state index in [0.717, 1.165) is 0 Å². The second-order valence-electron chi connectivity index (χ2n) is 4.46. The highest BCUT2D eigenvalue weighted by Gasteiger charge is 2.22. The molecule has 0 aliphatic rings. The fourth-order valence-corrected chi connectivity index (χ4v) is 4.06. The molecular weight excluding hydrogens is 314 g/mol. The monoisotopic (exact) mass is 327 g/mol. The molecule has 2 rings (SSSR count). The first-order valence-corrected chi connectivity index (χ1v) is 8.18. The number of carboxylic acid groups (broad SMARTS) is 1. The Hall–Kier alpha value is -2.00. The van der Waals surface area contributed by atoms with Gasteiger partial charge in [-0.25, -0.2) is 27.9 Å². The molecule has 0 saturated heterocycles. The number of nitrogens with one attached hydrogen (secondary N) is 1. The molecule has 0 aliphatic carbocycles. The Morgan fingerprint density at radius 1 is 1.19 bits per heavy atom. The third-order valence-corrected chi connectivity index (χ3v) is 5.59. The van der Waals surface area contributed by atoms with E-state index >= 15 is 0 Å².